The zero-order chi connectivity index (χ0) is 13.7. The monoisotopic (exact) mass is 260 g/mol. The molecule has 5 nitrogen and oxygen atoms in total. The number of para-hydroxylation sites is 2. The van der Waals surface area contributed by atoms with Crippen LogP contribution in [0.15, 0.2) is 24.3 Å². The zero-order valence-corrected chi connectivity index (χ0v) is 11.5. The summed E-state index contributed by atoms with van der Waals surface area (Å²) in [6, 6.07) is 7.87. The van der Waals surface area contributed by atoms with Crippen molar-refractivity contribution in [1.29, 1.82) is 0 Å². The number of hydrogen-bond acceptors (Lipinski definition) is 4. The highest BCUT2D eigenvalue weighted by molar-refractivity contribution is 5.47. The minimum atomic E-state index is 0.404. The van der Waals surface area contributed by atoms with Gasteiger partial charge in [0.05, 0.1) is 18.0 Å². The molecule has 0 atom stereocenters. The van der Waals surface area contributed by atoms with E-state index in [1.165, 1.54) is 0 Å². The first-order valence-corrected chi connectivity index (χ1v) is 6.67. The number of ether oxygens (including phenoxy) is 1. The Morgan fingerprint density at radius 2 is 2.05 bits per heavy atom. The highest BCUT2D eigenvalue weighted by Crippen LogP contribution is 2.24. The lowest BCUT2D eigenvalue weighted by molar-refractivity contribution is 0.315. The van der Waals surface area contributed by atoms with Crippen molar-refractivity contribution in [1.82, 2.24) is 15.0 Å². The summed E-state index contributed by atoms with van der Waals surface area (Å²) in [5.41, 5.74) is 8.48. The molecule has 1 aromatic heterocycles. The average Bonchev–Trinajstić information content (AvgIpc) is 2.88. The van der Waals surface area contributed by atoms with Crippen molar-refractivity contribution in [3.8, 4) is 11.4 Å². The van der Waals surface area contributed by atoms with E-state index < -0.39 is 0 Å². The second-order valence-corrected chi connectivity index (χ2v) is 4.27. The molecule has 1 heterocycles. The van der Waals surface area contributed by atoms with Crippen molar-refractivity contribution in [2.24, 2.45) is 5.73 Å². The summed E-state index contributed by atoms with van der Waals surface area (Å²) in [7, 11) is 0. The Labute approximate surface area is 113 Å². The molecule has 0 aliphatic rings. The average molecular weight is 260 g/mol. The Bertz CT molecular complexity index is 536. The van der Waals surface area contributed by atoms with Crippen LogP contribution < -0.4 is 10.5 Å². The topological polar surface area (TPSA) is 66.0 Å². The van der Waals surface area contributed by atoms with Crippen LogP contribution in [-0.4, -0.2) is 21.6 Å². The van der Waals surface area contributed by atoms with E-state index in [2.05, 4.69) is 24.2 Å². The Balaban J connectivity index is 2.43. The molecule has 0 saturated heterocycles. The third-order valence-corrected chi connectivity index (χ3v) is 2.93. The van der Waals surface area contributed by atoms with Gasteiger partial charge in [-0.2, -0.15) is 0 Å². The van der Waals surface area contributed by atoms with Gasteiger partial charge in [0.2, 0.25) is 0 Å². The molecule has 2 aromatic rings. The third kappa shape index (κ3) is 2.76. The second-order valence-electron chi connectivity index (χ2n) is 4.27. The maximum absolute atomic E-state index is 5.76. The van der Waals surface area contributed by atoms with E-state index in [0.717, 1.165) is 35.7 Å². The van der Waals surface area contributed by atoms with Crippen molar-refractivity contribution in [2.75, 3.05) is 6.61 Å². The molecule has 2 rings (SSSR count). The van der Waals surface area contributed by atoms with Gasteiger partial charge in [-0.1, -0.05) is 31.2 Å². The van der Waals surface area contributed by atoms with E-state index in [9.17, 15) is 0 Å². The van der Waals surface area contributed by atoms with Crippen LogP contribution in [0.4, 0.5) is 0 Å². The number of nitrogens with zero attached hydrogens (tertiary/aromatic N) is 3. The van der Waals surface area contributed by atoms with E-state index in [-0.39, 0.29) is 0 Å². The summed E-state index contributed by atoms with van der Waals surface area (Å²) in [4.78, 5) is 0. The molecule has 5 heteroatoms. The predicted octanol–water partition coefficient (Wildman–Crippen LogP) is 2.08. The van der Waals surface area contributed by atoms with Crippen molar-refractivity contribution < 1.29 is 4.74 Å². The van der Waals surface area contributed by atoms with Gasteiger partial charge >= 0.3 is 0 Å². The van der Waals surface area contributed by atoms with E-state index >= 15 is 0 Å². The minimum Gasteiger partial charge on any atom is -0.491 e. The molecule has 19 heavy (non-hydrogen) atoms. The van der Waals surface area contributed by atoms with Crippen LogP contribution in [0.5, 0.6) is 5.75 Å². The molecular weight excluding hydrogens is 240 g/mol. The number of aromatic nitrogens is 3. The molecule has 0 amide bonds. The molecule has 2 N–H and O–H groups in total. The summed E-state index contributed by atoms with van der Waals surface area (Å²) < 4.78 is 7.59. The summed E-state index contributed by atoms with van der Waals surface area (Å²) >= 11 is 0. The lowest BCUT2D eigenvalue weighted by atomic mass is 10.2. The van der Waals surface area contributed by atoms with Crippen LogP contribution in [0, 0.1) is 0 Å². The molecule has 0 saturated carbocycles. The molecule has 0 aliphatic heterocycles. The van der Waals surface area contributed by atoms with E-state index in [1.54, 1.807) is 0 Å². The number of hydrogen-bond donors (Lipinski definition) is 1. The van der Waals surface area contributed by atoms with Gasteiger partial charge in [0.1, 0.15) is 11.4 Å². The largest absolute Gasteiger partial charge is 0.491 e. The Morgan fingerprint density at radius 3 is 2.74 bits per heavy atom. The Morgan fingerprint density at radius 1 is 1.26 bits per heavy atom. The van der Waals surface area contributed by atoms with Crippen LogP contribution in [-0.2, 0) is 13.0 Å². The highest BCUT2D eigenvalue weighted by atomic mass is 16.5. The van der Waals surface area contributed by atoms with Crippen molar-refractivity contribution >= 4 is 0 Å². The van der Waals surface area contributed by atoms with Gasteiger partial charge in [-0.05, 0) is 25.0 Å². The van der Waals surface area contributed by atoms with Crippen LogP contribution >= 0.6 is 0 Å². The minimum absolute atomic E-state index is 0.404. The van der Waals surface area contributed by atoms with Crippen molar-refractivity contribution in [2.45, 2.75) is 33.2 Å². The second kappa shape index (κ2) is 6.33. The smallest absolute Gasteiger partial charge is 0.145 e. The first kappa shape index (κ1) is 13.5. The molecule has 0 fully saturated rings. The summed E-state index contributed by atoms with van der Waals surface area (Å²) in [5, 5.41) is 8.34. The van der Waals surface area contributed by atoms with Gasteiger partial charge in [-0.15, -0.1) is 5.10 Å². The Hall–Kier alpha value is -1.88. The maximum atomic E-state index is 5.76. The van der Waals surface area contributed by atoms with Crippen LogP contribution in [0.1, 0.15) is 31.7 Å². The number of nitrogens with two attached hydrogens (primary N) is 1. The summed E-state index contributed by atoms with van der Waals surface area (Å²) in [5.74, 6) is 0.826. The van der Waals surface area contributed by atoms with Gasteiger partial charge < -0.3 is 10.5 Å². The highest BCUT2D eigenvalue weighted by Gasteiger charge is 2.14. The fourth-order valence-corrected chi connectivity index (χ4v) is 2.00. The molecule has 0 radical (unpaired) electrons. The number of rotatable bonds is 6. The standard InChI is InChI=1S/C14H20N4O/c1-3-9-19-14-8-6-5-7-13(14)18-12(4-2)11(10-15)16-17-18/h5-8H,3-4,9-10,15H2,1-2H3. The molecule has 0 bridgehead atoms. The predicted molar refractivity (Wildman–Crippen MR) is 74.4 cm³/mol. The molecular formula is C14H20N4O. The van der Waals surface area contributed by atoms with E-state index in [4.69, 9.17) is 10.5 Å². The van der Waals surface area contributed by atoms with Crippen molar-refractivity contribution in [3.05, 3.63) is 35.7 Å². The molecule has 0 aliphatic carbocycles. The molecule has 102 valence electrons. The fourth-order valence-electron chi connectivity index (χ4n) is 2.00. The van der Waals surface area contributed by atoms with E-state index in [0.29, 0.717) is 13.2 Å². The Kier molecular flexibility index (Phi) is 4.52. The SMILES string of the molecule is CCCOc1ccccc1-n1nnc(CN)c1CC. The quantitative estimate of drug-likeness (QED) is 0.863. The molecule has 0 spiro atoms. The first-order chi connectivity index (χ1) is 9.31. The van der Waals surface area contributed by atoms with Gasteiger partial charge in [0, 0.05) is 6.54 Å². The third-order valence-electron chi connectivity index (χ3n) is 2.93. The number of benzene rings is 1. The summed E-state index contributed by atoms with van der Waals surface area (Å²) in [6.45, 7) is 5.25. The summed E-state index contributed by atoms with van der Waals surface area (Å²) in [6.07, 6.45) is 1.81. The van der Waals surface area contributed by atoms with Gasteiger partial charge in [-0.25, -0.2) is 4.68 Å². The van der Waals surface area contributed by atoms with Gasteiger partial charge in [0.15, 0.2) is 0 Å². The van der Waals surface area contributed by atoms with Crippen LogP contribution in [0.3, 0.4) is 0 Å². The first-order valence-electron chi connectivity index (χ1n) is 6.67. The zero-order valence-electron chi connectivity index (χ0n) is 11.5. The van der Waals surface area contributed by atoms with Crippen LogP contribution in [0.25, 0.3) is 5.69 Å². The molecule has 0 unspecified atom stereocenters. The molecule has 1 aromatic carbocycles. The lowest BCUT2D eigenvalue weighted by Gasteiger charge is -2.12. The van der Waals surface area contributed by atoms with Gasteiger partial charge in [0.25, 0.3) is 0 Å². The van der Waals surface area contributed by atoms with Crippen molar-refractivity contribution in [3.63, 3.8) is 0 Å². The fraction of sp³-hybridized carbons (Fsp3) is 0.429. The maximum Gasteiger partial charge on any atom is 0.145 e. The van der Waals surface area contributed by atoms with Gasteiger partial charge in [-0.3, -0.25) is 0 Å². The van der Waals surface area contributed by atoms with Crippen LogP contribution in [0.2, 0.25) is 0 Å². The van der Waals surface area contributed by atoms with E-state index in [1.807, 2.05) is 28.9 Å². The lowest BCUT2D eigenvalue weighted by Crippen LogP contribution is -2.07. The normalized spacial score (nSPS) is 10.7.